The molecule has 4 heteroatoms. The lowest BCUT2D eigenvalue weighted by Crippen LogP contribution is -2.44. The Labute approximate surface area is 197 Å². The molecule has 172 valence electrons. The van der Waals surface area contributed by atoms with E-state index in [1.54, 1.807) is 0 Å². The van der Waals surface area contributed by atoms with Gasteiger partial charge in [0.2, 0.25) is 6.79 Å². The molecule has 2 aliphatic rings. The Kier molecular flexibility index (Phi) is 6.65. The van der Waals surface area contributed by atoms with Gasteiger partial charge >= 0.3 is 0 Å². The Morgan fingerprint density at radius 1 is 0.879 bits per heavy atom. The van der Waals surface area contributed by atoms with E-state index < -0.39 is 0 Å². The number of fused-ring (bicyclic) bond motifs is 1. The number of hydrogen-bond acceptors (Lipinski definition) is 4. The predicted octanol–water partition coefficient (Wildman–Crippen LogP) is 5.63. The Hall–Kier alpha value is -2.82. The van der Waals surface area contributed by atoms with Gasteiger partial charge in [-0.1, -0.05) is 67.1 Å². The second-order valence-electron chi connectivity index (χ2n) is 9.29. The summed E-state index contributed by atoms with van der Waals surface area (Å²) < 4.78 is 10.9. The minimum Gasteiger partial charge on any atom is -0.454 e. The van der Waals surface area contributed by atoms with Gasteiger partial charge < -0.3 is 14.8 Å². The summed E-state index contributed by atoms with van der Waals surface area (Å²) in [6.45, 7) is 7.77. The van der Waals surface area contributed by atoms with Crippen LogP contribution in [0.4, 0.5) is 0 Å². The van der Waals surface area contributed by atoms with Crippen LogP contribution < -0.4 is 14.8 Å². The van der Waals surface area contributed by atoms with E-state index in [0.717, 1.165) is 50.4 Å². The largest absolute Gasteiger partial charge is 0.454 e. The van der Waals surface area contributed by atoms with Crippen molar-refractivity contribution >= 4 is 0 Å². The van der Waals surface area contributed by atoms with Gasteiger partial charge in [0, 0.05) is 25.7 Å². The summed E-state index contributed by atoms with van der Waals surface area (Å²) >= 11 is 0. The van der Waals surface area contributed by atoms with Gasteiger partial charge in [-0.25, -0.2) is 0 Å². The van der Waals surface area contributed by atoms with Crippen molar-refractivity contribution in [1.29, 1.82) is 0 Å². The van der Waals surface area contributed by atoms with Crippen LogP contribution >= 0.6 is 0 Å². The Bertz CT molecular complexity index is 1070. The van der Waals surface area contributed by atoms with Crippen LogP contribution in [0, 0.1) is 6.92 Å². The van der Waals surface area contributed by atoms with Gasteiger partial charge in [0.25, 0.3) is 0 Å². The summed E-state index contributed by atoms with van der Waals surface area (Å²) in [5.74, 6) is 1.71. The molecular formula is C29H34N2O2. The summed E-state index contributed by atoms with van der Waals surface area (Å²) in [5.41, 5.74) is 6.75. The van der Waals surface area contributed by atoms with Crippen molar-refractivity contribution in [3.05, 3.63) is 94.5 Å². The number of hydrogen-bond donors (Lipinski definition) is 1. The maximum absolute atomic E-state index is 5.52. The molecule has 0 amide bonds. The first-order valence-corrected chi connectivity index (χ1v) is 12.2. The molecule has 33 heavy (non-hydrogen) atoms. The quantitative estimate of drug-likeness (QED) is 0.514. The monoisotopic (exact) mass is 442 g/mol. The van der Waals surface area contributed by atoms with Crippen LogP contribution in [0.3, 0.4) is 0 Å². The Balaban J connectivity index is 1.25. The van der Waals surface area contributed by atoms with Crippen molar-refractivity contribution in [2.75, 3.05) is 19.9 Å². The van der Waals surface area contributed by atoms with Crippen LogP contribution in [0.5, 0.6) is 11.5 Å². The number of nitrogens with one attached hydrogen (secondary N) is 1. The average molecular weight is 443 g/mol. The molecule has 5 rings (SSSR count). The van der Waals surface area contributed by atoms with Crippen LogP contribution in [-0.2, 0) is 13.0 Å². The minimum absolute atomic E-state index is 0.311. The van der Waals surface area contributed by atoms with Crippen molar-refractivity contribution < 1.29 is 9.47 Å². The molecule has 1 saturated heterocycles. The van der Waals surface area contributed by atoms with Crippen LogP contribution in [0.1, 0.15) is 53.6 Å². The van der Waals surface area contributed by atoms with Gasteiger partial charge in [-0.05, 0) is 60.6 Å². The van der Waals surface area contributed by atoms with Crippen molar-refractivity contribution in [2.45, 2.75) is 51.7 Å². The molecule has 0 aromatic heterocycles. The number of rotatable bonds is 7. The first-order chi connectivity index (χ1) is 16.2. The first kappa shape index (κ1) is 22.0. The fourth-order valence-electron chi connectivity index (χ4n) is 5.06. The minimum atomic E-state index is 0.311. The molecule has 3 aromatic carbocycles. The third-order valence-corrected chi connectivity index (χ3v) is 6.99. The van der Waals surface area contributed by atoms with E-state index >= 15 is 0 Å². The molecule has 2 aliphatic heterocycles. The zero-order valence-corrected chi connectivity index (χ0v) is 19.7. The molecule has 0 bridgehead atoms. The van der Waals surface area contributed by atoms with E-state index in [1.807, 2.05) is 6.07 Å². The second kappa shape index (κ2) is 9.98. The van der Waals surface area contributed by atoms with Gasteiger partial charge in [-0.15, -0.1) is 0 Å². The SMILES string of the molecule is CCc1ccc(C(c2cccc(C)c2)N2CCC(NCc3ccc4c(c3)OCO4)CC2)cc1. The van der Waals surface area contributed by atoms with Crippen LogP contribution in [0.25, 0.3) is 0 Å². The van der Waals surface area contributed by atoms with E-state index in [9.17, 15) is 0 Å². The number of ether oxygens (including phenoxy) is 2. The Morgan fingerprint density at radius 3 is 2.39 bits per heavy atom. The maximum atomic E-state index is 5.52. The predicted molar refractivity (Wildman–Crippen MR) is 133 cm³/mol. The first-order valence-electron chi connectivity index (χ1n) is 12.2. The van der Waals surface area contributed by atoms with Crippen LogP contribution in [-0.4, -0.2) is 30.8 Å². The maximum Gasteiger partial charge on any atom is 0.231 e. The fourth-order valence-corrected chi connectivity index (χ4v) is 5.06. The van der Waals surface area contributed by atoms with Gasteiger partial charge in [-0.3, -0.25) is 4.90 Å². The number of likely N-dealkylation sites (tertiary alicyclic amines) is 1. The smallest absolute Gasteiger partial charge is 0.231 e. The molecule has 1 N–H and O–H groups in total. The van der Waals surface area contributed by atoms with Crippen LogP contribution in [0.15, 0.2) is 66.7 Å². The fraction of sp³-hybridized carbons (Fsp3) is 0.379. The normalized spacial score (nSPS) is 17.3. The molecule has 1 atom stereocenters. The molecule has 2 heterocycles. The zero-order valence-electron chi connectivity index (χ0n) is 19.7. The summed E-state index contributed by atoms with van der Waals surface area (Å²) in [6, 6.07) is 25.3. The molecule has 0 radical (unpaired) electrons. The van der Waals surface area contributed by atoms with Crippen molar-refractivity contribution in [3.8, 4) is 11.5 Å². The number of piperidine rings is 1. The number of benzene rings is 3. The molecule has 1 unspecified atom stereocenters. The zero-order chi connectivity index (χ0) is 22.6. The van der Waals surface area contributed by atoms with E-state index in [-0.39, 0.29) is 0 Å². The molecule has 3 aromatic rings. The van der Waals surface area contributed by atoms with Gasteiger partial charge in [0.15, 0.2) is 11.5 Å². The average Bonchev–Trinajstić information content (AvgIpc) is 3.32. The standard InChI is InChI=1S/C29H34N2O2/c1-3-22-7-10-24(11-8-22)29(25-6-4-5-21(2)17-25)31-15-13-26(14-16-31)30-19-23-9-12-27-28(18-23)33-20-32-27/h4-12,17-18,26,29-30H,3,13-16,19-20H2,1-2H3. The third-order valence-electron chi connectivity index (χ3n) is 6.99. The molecule has 4 nitrogen and oxygen atoms in total. The van der Waals surface area contributed by atoms with E-state index in [1.165, 1.54) is 27.8 Å². The van der Waals surface area contributed by atoms with Crippen molar-refractivity contribution in [1.82, 2.24) is 10.2 Å². The highest BCUT2D eigenvalue weighted by molar-refractivity contribution is 5.44. The van der Waals surface area contributed by atoms with Crippen molar-refractivity contribution in [3.63, 3.8) is 0 Å². The van der Waals surface area contributed by atoms with E-state index in [2.05, 4.69) is 84.7 Å². The van der Waals surface area contributed by atoms with Gasteiger partial charge in [0.1, 0.15) is 0 Å². The molecular weight excluding hydrogens is 408 g/mol. The third kappa shape index (κ3) is 5.07. The van der Waals surface area contributed by atoms with Gasteiger partial charge in [0.05, 0.1) is 6.04 Å². The topological polar surface area (TPSA) is 33.7 Å². The summed E-state index contributed by atoms with van der Waals surface area (Å²) in [6.07, 6.45) is 3.38. The highest BCUT2D eigenvalue weighted by Crippen LogP contribution is 2.34. The highest BCUT2D eigenvalue weighted by Gasteiger charge is 2.27. The molecule has 1 fully saturated rings. The number of nitrogens with zero attached hydrogens (tertiary/aromatic N) is 1. The summed E-state index contributed by atoms with van der Waals surface area (Å²) in [5, 5.41) is 3.77. The van der Waals surface area contributed by atoms with E-state index in [0.29, 0.717) is 18.9 Å². The lowest BCUT2D eigenvalue weighted by molar-refractivity contribution is 0.162. The summed E-state index contributed by atoms with van der Waals surface area (Å²) in [4.78, 5) is 2.66. The Morgan fingerprint density at radius 2 is 1.64 bits per heavy atom. The number of aryl methyl sites for hydroxylation is 2. The molecule has 0 aliphatic carbocycles. The lowest BCUT2D eigenvalue weighted by atomic mass is 9.92. The second-order valence-corrected chi connectivity index (χ2v) is 9.29. The lowest BCUT2D eigenvalue weighted by Gasteiger charge is -2.38. The summed E-state index contributed by atoms with van der Waals surface area (Å²) in [7, 11) is 0. The molecule has 0 spiro atoms. The van der Waals surface area contributed by atoms with Gasteiger partial charge in [-0.2, -0.15) is 0 Å². The molecule has 0 saturated carbocycles. The van der Waals surface area contributed by atoms with E-state index in [4.69, 9.17) is 9.47 Å². The van der Waals surface area contributed by atoms with Crippen molar-refractivity contribution in [2.24, 2.45) is 0 Å². The highest BCUT2D eigenvalue weighted by atomic mass is 16.7. The van der Waals surface area contributed by atoms with Crippen LogP contribution in [0.2, 0.25) is 0 Å².